The molecule has 0 radical (unpaired) electrons. The van der Waals surface area contributed by atoms with Crippen LogP contribution in [-0.4, -0.2) is 6.17 Å². The standard InChI is InChI=1S/C8H15F/c1-6-4-3-5-7(2)8(6)9/h6-8H,3-5H2,1-2H3. The lowest BCUT2D eigenvalue weighted by atomic mass is 9.82. The first-order valence-electron chi connectivity index (χ1n) is 3.86. The predicted molar refractivity (Wildman–Crippen MR) is 37.1 cm³/mol. The summed E-state index contributed by atoms with van der Waals surface area (Å²) in [6.07, 6.45) is 2.87. The van der Waals surface area contributed by atoms with Crippen molar-refractivity contribution < 1.29 is 4.39 Å². The van der Waals surface area contributed by atoms with Crippen LogP contribution in [0.2, 0.25) is 0 Å². The maximum absolute atomic E-state index is 13.0. The zero-order chi connectivity index (χ0) is 6.85. The van der Waals surface area contributed by atoms with Gasteiger partial charge in [0, 0.05) is 0 Å². The van der Waals surface area contributed by atoms with Crippen LogP contribution in [0.25, 0.3) is 0 Å². The van der Waals surface area contributed by atoms with E-state index in [1.165, 1.54) is 6.42 Å². The number of hydrogen-bond acceptors (Lipinski definition) is 0. The maximum atomic E-state index is 13.0. The van der Waals surface area contributed by atoms with E-state index < -0.39 is 6.17 Å². The van der Waals surface area contributed by atoms with Gasteiger partial charge in [0.25, 0.3) is 0 Å². The minimum atomic E-state index is -0.529. The summed E-state index contributed by atoms with van der Waals surface area (Å²) in [4.78, 5) is 0. The van der Waals surface area contributed by atoms with Gasteiger partial charge in [-0.1, -0.05) is 20.3 Å². The van der Waals surface area contributed by atoms with E-state index in [-0.39, 0.29) is 0 Å². The number of halogens is 1. The fourth-order valence-corrected chi connectivity index (χ4v) is 1.64. The van der Waals surface area contributed by atoms with Crippen molar-refractivity contribution in [1.29, 1.82) is 0 Å². The van der Waals surface area contributed by atoms with Crippen LogP contribution in [0.5, 0.6) is 0 Å². The Balaban J connectivity index is 2.41. The Morgan fingerprint density at radius 2 is 1.56 bits per heavy atom. The minimum Gasteiger partial charge on any atom is -0.247 e. The molecular weight excluding hydrogens is 115 g/mol. The van der Waals surface area contributed by atoms with Gasteiger partial charge in [0.15, 0.2) is 0 Å². The van der Waals surface area contributed by atoms with E-state index >= 15 is 0 Å². The SMILES string of the molecule is CC1CCCC(C)C1F. The van der Waals surface area contributed by atoms with Gasteiger partial charge in [-0.3, -0.25) is 0 Å². The number of rotatable bonds is 0. The maximum Gasteiger partial charge on any atom is 0.105 e. The third kappa shape index (κ3) is 1.44. The van der Waals surface area contributed by atoms with Crippen molar-refractivity contribution in [2.24, 2.45) is 11.8 Å². The first-order chi connectivity index (χ1) is 4.22. The molecule has 1 rings (SSSR count). The van der Waals surface area contributed by atoms with Gasteiger partial charge < -0.3 is 0 Å². The molecule has 1 fully saturated rings. The van der Waals surface area contributed by atoms with Crippen LogP contribution in [0.15, 0.2) is 0 Å². The highest BCUT2D eigenvalue weighted by molar-refractivity contribution is 4.76. The van der Waals surface area contributed by atoms with Crippen LogP contribution >= 0.6 is 0 Å². The molecule has 54 valence electrons. The summed E-state index contributed by atoms with van der Waals surface area (Å²) < 4.78 is 13.0. The molecule has 1 heteroatoms. The van der Waals surface area contributed by atoms with Crippen molar-refractivity contribution in [3.63, 3.8) is 0 Å². The normalized spacial score (nSPS) is 45.0. The van der Waals surface area contributed by atoms with Gasteiger partial charge in [0.2, 0.25) is 0 Å². The monoisotopic (exact) mass is 130 g/mol. The van der Waals surface area contributed by atoms with E-state index in [9.17, 15) is 4.39 Å². The van der Waals surface area contributed by atoms with Gasteiger partial charge >= 0.3 is 0 Å². The molecule has 2 unspecified atom stereocenters. The van der Waals surface area contributed by atoms with Crippen molar-refractivity contribution in [3.05, 3.63) is 0 Å². The van der Waals surface area contributed by atoms with E-state index in [4.69, 9.17) is 0 Å². The molecule has 0 N–H and O–H groups in total. The van der Waals surface area contributed by atoms with E-state index in [0.717, 1.165) is 12.8 Å². The highest BCUT2D eigenvalue weighted by Crippen LogP contribution is 2.30. The quantitative estimate of drug-likeness (QED) is 0.473. The molecule has 0 amide bonds. The molecule has 0 aromatic carbocycles. The van der Waals surface area contributed by atoms with Crippen molar-refractivity contribution in [3.8, 4) is 0 Å². The summed E-state index contributed by atoms with van der Waals surface area (Å²) in [6, 6.07) is 0. The average Bonchev–Trinajstić information content (AvgIpc) is 1.83. The first-order valence-corrected chi connectivity index (χ1v) is 3.86. The molecule has 0 spiro atoms. The molecule has 1 aliphatic carbocycles. The van der Waals surface area contributed by atoms with Gasteiger partial charge in [0.05, 0.1) is 0 Å². The van der Waals surface area contributed by atoms with Crippen LogP contribution in [0, 0.1) is 11.8 Å². The predicted octanol–water partition coefficient (Wildman–Crippen LogP) is 2.78. The second kappa shape index (κ2) is 2.68. The smallest absolute Gasteiger partial charge is 0.105 e. The zero-order valence-corrected chi connectivity index (χ0v) is 6.23. The Hall–Kier alpha value is -0.0700. The largest absolute Gasteiger partial charge is 0.247 e. The van der Waals surface area contributed by atoms with Crippen LogP contribution in [0.3, 0.4) is 0 Å². The average molecular weight is 130 g/mol. The lowest BCUT2D eigenvalue weighted by Crippen LogP contribution is -2.25. The van der Waals surface area contributed by atoms with Gasteiger partial charge in [-0.15, -0.1) is 0 Å². The van der Waals surface area contributed by atoms with Crippen LogP contribution in [-0.2, 0) is 0 Å². The molecular formula is C8H15F. The van der Waals surface area contributed by atoms with Gasteiger partial charge in [-0.2, -0.15) is 0 Å². The van der Waals surface area contributed by atoms with E-state index in [2.05, 4.69) is 0 Å². The van der Waals surface area contributed by atoms with Crippen molar-refractivity contribution in [1.82, 2.24) is 0 Å². The fourth-order valence-electron chi connectivity index (χ4n) is 1.64. The molecule has 0 aliphatic heterocycles. The summed E-state index contributed by atoms with van der Waals surface area (Å²) >= 11 is 0. The highest BCUT2D eigenvalue weighted by atomic mass is 19.1. The van der Waals surface area contributed by atoms with Crippen LogP contribution in [0.1, 0.15) is 33.1 Å². The Labute approximate surface area is 56.5 Å². The molecule has 9 heavy (non-hydrogen) atoms. The number of hydrogen-bond donors (Lipinski definition) is 0. The summed E-state index contributed by atoms with van der Waals surface area (Å²) in [5, 5.41) is 0. The van der Waals surface area contributed by atoms with Gasteiger partial charge in [0.1, 0.15) is 6.17 Å². The Morgan fingerprint density at radius 1 is 1.11 bits per heavy atom. The lowest BCUT2D eigenvalue weighted by molar-refractivity contribution is 0.120. The molecule has 0 aromatic heterocycles. The molecule has 0 heterocycles. The lowest BCUT2D eigenvalue weighted by Gasteiger charge is -2.27. The summed E-state index contributed by atoms with van der Waals surface area (Å²) in [5.74, 6) is 0.627. The third-order valence-corrected chi connectivity index (χ3v) is 2.41. The highest BCUT2D eigenvalue weighted by Gasteiger charge is 2.26. The Bertz CT molecular complexity index is 80.6. The molecule has 0 bridgehead atoms. The zero-order valence-electron chi connectivity index (χ0n) is 6.23. The van der Waals surface area contributed by atoms with Crippen LogP contribution in [0.4, 0.5) is 4.39 Å². The molecule has 0 saturated heterocycles. The second-order valence-electron chi connectivity index (χ2n) is 3.33. The van der Waals surface area contributed by atoms with Crippen LogP contribution < -0.4 is 0 Å². The summed E-state index contributed by atoms with van der Waals surface area (Å²) in [6.45, 7) is 4.03. The van der Waals surface area contributed by atoms with Crippen molar-refractivity contribution in [2.75, 3.05) is 0 Å². The number of alkyl halides is 1. The molecule has 1 saturated carbocycles. The van der Waals surface area contributed by atoms with Crippen molar-refractivity contribution in [2.45, 2.75) is 39.3 Å². The van der Waals surface area contributed by atoms with Crippen molar-refractivity contribution >= 4 is 0 Å². The van der Waals surface area contributed by atoms with Gasteiger partial charge in [-0.25, -0.2) is 4.39 Å². The molecule has 1 aliphatic rings. The fraction of sp³-hybridized carbons (Fsp3) is 1.00. The second-order valence-corrected chi connectivity index (χ2v) is 3.33. The van der Waals surface area contributed by atoms with E-state index in [1.54, 1.807) is 0 Å². The molecule has 2 atom stereocenters. The minimum absolute atomic E-state index is 0.314. The topological polar surface area (TPSA) is 0 Å². The van der Waals surface area contributed by atoms with E-state index in [0.29, 0.717) is 11.8 Å². The Kier molecular flexibility index (Phi) is 2.09. The van der Waals surface area contributed by atoms with Gasteiger partial charge in [-0.05, 0) is 24.7 Å². The molecule has 0 nitrogen and oxygen atoms in total. The Morgan fingerprint density at radius 3 is 1.89 bits per heavy atom. The first kappa shape index (κ1) is 7.04. The summed E-state index contributed by atoms with van der Waals surface area (Å²) in [7, 11) is 0. The molecule has 0 aromatic rings. The third-order valence-electron chi connectivity index (χ3n) is 2.41. The van der Waals surface area contributed by atoms with E-state index in [1.807, 2.05) is 13.8 Å². The summed E-state index contributed by atoms with van der Waals surface area (Å²) in [5.41, 5.74) is 0.